The van der Waals surface area contributed by atoms with E-state index in [4.69, 9.17) is 4.74 Å². The van der Waals surface area contributed by atoms with Crippen LogP contribution in [0.5, 0.6) is 5.75 Å². The second kappa shape index (κ2) is 10.5. The summed E-state index contributed by atoms with van der Waals surface area (Å²) in [4.78, 5) is 1.59. The van der Waals surface area contributed by atoms with Crippen LogP contribution in [0.25, 0.3) is 5.57 Å². The average molecular weight is 477 g/mol. The first-order chi connectivity index (χ1) is 16.3. The molecule has 0 saturated carbocycles. The first-order valence-electron chi connectivity index (χ1n) is 11.9. The second-order valence-corrected chi connectivity index (χ2v) is 9.25. The van der Waals surface area contributed by atoms with Crippen LogP contribution in [0.2, 0.25) is 0 Å². The van der Waals surface area contributed by atoms with Gasteiger partial charge in [0.05, 0.1) is 19.3 Å². The van der Waals surface area contributed by atoms with Gasteiger partial charge in [0, 0.05) is 12.6 Å². The molecule has 2 aromatic rings. The van der Waals surface area contributed by atoms with Gasteiger partial charge in [0.1, 0.15) is 12.4 Å². The summed E-state index contributed by atoms with van der Waals surface area (Å²) in [6, 6.07) is 13.2. The van der Waals surface area contributed by atoms with E-state index >= 15 is 0 Å². The van der Waals surface area contributed by atoms with Crippen molar-refractivity contribution in [2.24, 2.45) is 0 Å². The highest BCUT2D eigenvalue weighted by molar-refractivity contribution is 5.79. The summed E-state index contributed by atoms with van der Waals surface area (Å²) in [5, 5.41) is 3.13. The summed E-state index contributed by atoms with van der Waals surface area (Å²) >= 11 is 0. The van der Waals surface area contributed by atoms with Gasteiger partial charge in [-0.3, -0.25) is 9.29 Å². The van der Waals surface area contributed by atoms with Crippen molar-refractivity contribution in [2.45, 2.75) is 51.4 Å². The Bertz CT molecular complexity index is 1030. The summed E-state index contributed by atoms with van der Waals surface area (Å²) in [5.41, 5.74) is 6.35. The number of rotatable bonds is 9. The molecule has 3 nitrogen and oxygen atoms in total. The molecule has 1 heterocycles. The fourth-order valence-electron chi connectivity index (χ4n) is 5.16. The molecule has 0 bridgehead atoms. The Labute approximate surface area is 198 Å². The monoisotopic (exact) mass is 476 g/mol. The SMILES string of the molecule is Cc1ccc([C@@H]2C3=C(C[C@@H](C)N2CC(F)(F)F)c2ccccc2C3)cc1OCCNCCCF. The molecule has 0 amide bonds. The lowest BCUT2D eigenvalue weighted by molar-refractivity contribution is -0.155. The van der Waals surface area contributed by atoms with Crippen LogP contribution in [0.3, 0.4) is 0 Å². The maximum Gasteiger partial charge on any atom is 0.401 e. The predicted octanol–water partition coefficient (Wildman–Crippen LogP) is 6.03. The van der Waals surface area contributed by atoms with E-state index in [0.717, 1.165) is 16.7 Å². The van der Waals surface area contributed by atoms with E-state index in [1.807, 2.05) is 44.2 Å². The smallest absolute Gasteiger partial charge is 0.401 e. The summed E-state index contributed by atoms with van der Waals surface area (Å²) in [6.07, 6.45) is -2.55. The number of alkyl halides is 4. The molecule has 1 aliphatic carbocycles. The molecule has 184 valence electrons. The van der Waals surface area contributed by atoms with Crippen molar-refractivity contribution < 1.29 is 22.3 Å². The van der Waals surface area contributed by atoms with Crippen LogP contribution in [-0.2, 0) is 6.42 Å². The van der Waals surface area contributed by atoms with Gasteiger partial charge in [0.15, 0.2) is 0 Å². The van der Waals surface area contributed by atoms with Crippen molar-refractivity contribution >= 4 is 5.57 Å². The first kappa shape index (κ1) is 24.7. The Balaban J connectivity index is 1.64. The number of nitrogens with one attached hydrogen (secondary N) is 1. The molecule has 1 aliphatic heterocycles. The molecule has 0 saturated heterocycles. The van der Waals surface area contributed by atoms with Gasteiger partial charge < -0.3 is 10.1 Å². The zero-order chi connectivity index (χ0) is 24.3. The minimum absolute atomic E-state index is 0.248. The maximum atomic E-state index is 13.6. The lowest BCUT2D eigenvalue weighted by atomic mass is 9.85. The third kappa shape index (κ3) is 5.47. The lowest BCUT2D eigenvalue weighted by Crippen LogP contribution is -2.45. The van der Waals surface area contributed by atoms with Crippen LogP contribution < -0.4 is 10.1 Å². The Hall–Kier alpha value is -2.38. The number of aryl methyl sites for hydroxylation is 1. The molecule has 1 N–H and O–H groups in total. The van der Waals surface area contributed by atoms with E-state index in [-0.39, 0.29) is 12.7 Å². The number of ether oxygens (including phenoxy) is 1. The number of benzene rings is 2. The number of fused-ring (bicyclic) bond motifs is 2. The molecule has 0 aromatic heterocycles. The molecule has 0 fully saturated rings. The van der Waals surface area contributed by atoms with E-state index in [1.54, 1.807) is 4.90 Å². The Morgan fingerprint density at radius 3 is 2.68 bits per heavy atom. The van der Waals surface area contributed by atoms with Gasteiger partial charge in [-0.1, -0.05) is 36.4 Å². The quantitative estimate of drug-likeness (QED) is 0.353. The summed E-state index contributed by atoms with van der Waals surface area (Å²) in [5.74, 6) is 0.674. The zero-order valence-electron chi connectivity index (χ0n) is 19.7. The fourth-order valence-corrected chi connectivity index (χ4v) is 5.16. The largest absolute Gasteiger partial charge is 0.492 e. The number of halogens is 4. The number of hydrogen-bond donors (Lipinski definition) is 1. The van der Waals surface area contributed by atoms with Crippen molar-refractivity contribution in [3.63, 3.8) is 0 Å². The standard InChI is InChI=1S/C27H32F4N2O/c1-18-8-9-21(16-25(18)34-13-12-32-11-5-10-28)26-24-15-20-6-3-4-7-22(20)23(24)14-19(2)33(26)17-27(29,30)31/h3-4,6-9,16,19,26,32H,5,10-15,17H2,1-2H3/t19-,26-/m1/s1. The van der Waals surface area contributed by atoms with Crippen LogP contribution in [0, 0.1) is 6.92 Å². The van der Waals surface area contributed by atoms with E-state index < -0.39 is 18.8 Å². The van der Waals surface area contributed by atoms with Crippen LogP contribution >= 0.6 is 0 Å². The van der Waals surface area contributed by atoms with Crippen LogP contribution in [-0.4, -0.2) is 50.0 Å². The van der Waals surface area contributed by atoms with E-state index in [2.05, 4.69) is 17.4 Å². The van der Waals surface area contributed by atoms with Gasteiger partial charge in [-0.25, -0.2) is 0 Å². The molecule has 0 spiro atoms. The fraction of sp³-hybridized carbons (Fsp3) is 0.481. The van der Waals surface area contributed by atoms with Crippen molar-refractivity contribution in [2.75, 3.05) is 32.9 Å². The molecule has 2 aliphatic rings. The molecule has 0 radical (unpaired) electrons. The van der Waals surface area contributed by atoms with Crippen LogP contribution in [0.1, 0.15) is 48.1 Å². The Kier molecular flexibility index (Phi) is 7.63. The van der Waals surface area contributed by atoms with Gasteiger partial charge in [0.2, 0.25) is 0 Å². The summed E-state index contributed by atoms with van der Waals surface area (Å²) in [6.45, 7) is 4.08. The van der Waals surface area contributed by atoms with E-state index in [1.165, 1.54) is 16.7 Å². The molecule has 34 heavy (non-hydrogen) atoms. The summed E-state index contributed by atoms with van der Waals surface area (Å²) in [7, 11) is 0. The molecule has 4 rings (SSSR count). The lowest BCUT2D eigenvalue weighted by Gasteiger charge is -2.42. The number of hydrogen-bond acceptors (Lipinski definition) is 3. The van der Waals surface area contributed by atoms with Crippen LogP contribution in [0.4, 0.5) is 17.6 Å². The molecular weight excluding hydrogens is 444 g/mol. The zero-order valence-corrected chi connectivity index (χ0v) is 19.7. The third-order valence-electron chi connectivity index (χ3n) is 6.75. The minimum atomic E-state index is -4.29. The second-order valence-electron chi connectivity index (χ2n) is 9.25. The van der Waals surface area contributed by atoms with Gasteiger partial charge in [-0.2, -0.15) is 13.2 Å². The van der Waals surface area contributed by atoms with Crippen molar-refractivity contribution in [3.8, 4) is 5.75 Å². The Morgan fingerprint density at radius 2 is 1.91 bits per heavy atom. The Morgan fingerprint density at radius 1 is 1.12 bits per heavy atom. The highest BCUT2D eigenvalue weighted by Crippen LogP contribution is 2.49. The molecule has 7 heteroatoms. The van der Waals surface area contributed by atoms with E-state index in [9.17, 15) is 17.6 Å². The minimum Gasteiger partial charge on any atom is -0.492 e. The average Bonchev–Trinajstić information content (AvgIpc) is 3.15. The van der Waals surface area contributed by atoms with Crippen molar-refractivity contribution in [1.29, 1.82) is 0 Å². The molecular formula is C27H32F4N2O. The highest BCUT2D eigenvalue weighted by Gasteiger charge is 2.43. The van der Waals surface area contributed by atoms with Gasteiger partial charge in [0.25, 0.3) is 0 Å². The van der Waals surface area contributed by atoms with Crippen molar-refractivity contribution in [3.05, 3.63) is 70.3 Å². The topological polar surface area (TPSA) is 24.5 Å². The van der Waals surface area contributed by atoms with Gasteiger partial charge >= 0.3 is 6.18 Å². The predicted molar refractivity (Wildman–Crippen MR) is 127 cm³/mol. The normalized spacial score (nSPS) is 20.4. The van der Waals surface area contributed by atoms with E-state index in [0.29, 0.717) is 44.7 Å². The van der Waals surface area contributed by atoms with Gasteiger partial charge in [-0.15, -0.1) is 0 Å². The van der Waals surface area contributed by atoms with Gasteiger partial charge in [-0.05, 0) is 79.1 Å². The number of nitrogens with zero attached hydrogens (tertiary/aromatic N) is 1. The highest BCUT2D eigenvalue weighted by atomic mass is 19.4. The first-order valence-corrected chi connectivity index (χ1v) is 11.9. The molecule has 2 aromatic carbocycles. The maximum absolute atomic E-state index is 13.6. The van der Waals surface area contributed by atoms with Crippen LogP contribution in [0.15, 0.2) is 48.0 Å². The molecule has 2 atom stereocenters. The molecule has 0 unspecified atom stereocenters. The summed E-state index contributed by atoms with van der Waals surface area (Å²) < 4.78 is 59.1. The van der Waals surface area contributed by atoms with Crippen molar-refractivity contribution in [1.82, 2.24) is 10.2 Å². The third-order valence-corrected chi connectivity index (χ3v) is 6.75.